The van der Waals surface area contributed by atoms with E-state index in [-0.39, 0.29) is 11.3 Å². The first-order valence-electron chi connectivity index (χ1n) is 5.91. The molecule has 0 amide bonds. The Morgan fingerprint density at radius 1 is 1.67 bits per heavy atom. The average Bonchev–Trinajstić information content (AvgIpc) is 2.88. The number of ketones is 1. The van der Waals surface area contributed by atoms with E-state index in [1.54, 1.807) is 0 Å². The van der Waals surface area contributed by atoms with E-state index < -0.39 is 0 Å². The van der Waals surface area contributed by atoms with Crippen molar-refractivity contribution in [3.05, 3.63) is 11.8 Å². The molecule has 2 aliphatic rings. The molecule has 1 N–H and O–H groups in total. The van der Waals surface area contributed by atoms with Gasteiger partial charge in [-0.15, -0.1) is 0 Å². The number of carbonyl (C=O) groups excluding carboxylic acids is 1. The first kappa shape index (κ1) is 10.7. The summed E-state index contributed by atoms with van der Waals surface area (Å²) in [5, 5.41) is 3.38. The maximum atomic E-state index is 12.3. The lowest BCUT2D eigenvalue weighted by molar-refractivity contribution is -0.124. The summed E-state index contributed by atoms with van der Waals surface area (Å²) >= 11 is 0. The van der Waals surface area contributed by atoms with Crippen molar-refractivity contribution in [1.29, 1.82) is 0 Å². The SMILES string of the molecule is CCCC1(C(=O)C2=CCCO2)CCCN1. The maximum absolute atomic E-state index is 12.3. The zero-order chi connectivity index (χ0) is 10.7. The fraction of sp³-hybridized carbons (Fsp3) is 0.750. The van der Waals surface area contributed by atoms with Gasteiger partial charge in [0.2, 0.25) is 5.78 Å². The third-order valence-electron chi connectivity index (χ3n) is 3.28. The van der Waals surface area contributed by atoms with E-state index >= 15 is 0 Å². The molecule has 3 heteroatoms. The Morgan fingerprint density at radius 3 is 3.07 bits per heavy atom. The summed E-state index contributed by atoms with van der Waals surface area (Å²) in [4.78, 5) is 12.3. The van der Waals surface area contributed by atoms with Gasteiger partial charge in [-0.2, -0.15) is 0 Å². The minimum absolute atomic E-state index is 0.180. The smallest absolute Gasteiger partial charge is 0.216 e. The van der Waals surface area contributed by atoms with Crippen LogP contribution in [0.3, 0.4) is 0 Å². The Labute approximate surface area is 90.9 Å². The number of hydrogen-bond donors (Lipinski definition) is 1. The highest BCUT2D eigenvalue weighted by Gasteiger charge is 2.42. The maximum Gasteiger partial charge on any atom is 0.216 e. The van der Waals surface area contributed by atoms with E-state index in [4.69, 9.17) is 4.74 Å². The third-order valence-corrected chi connectivity index (χ3v) is 3.28. The van der Waals surface area contributed by atoms with Gasteiger partial charge in [-0.25, -0.2) is 0 Å². The predicted octanol–water partition coefficient (Wildman–Crippen LogP) is 1.78. The fourth-order valence-electron chi connectivity index (χ4n) is 2.57. The van der Waals surface area contributed by atoms with Crippen LogP contribution >= 0.6 is 0 Å². The molecule has 0 aromatic heterocycles. The molecule has 0 aliphatic carbocycles. The van der Waals surface area contributed by atoms with Gasteiger partial charge in [0.25, 0.3) is 0 Å². The molecule has 15 heavy (non-hydrogen) atoms. The lowest BCUT2D eigenvalue weighted by Crippen LogP contribution is -2.48. The number of nitrogens with one attached hydrogen (secondary N) is 1. The summed E-state index contributed by atoms with van der Waals surface area (Å²) in [6.45, 7) is 3.75. The standard InChI is InChI=1S/C12H19NO2/c1-2-6-12(7-4-8-13-12)11(14)10-5-3-9-15-10/h5,13H,2-4,6-9H2,1H3. The quantitative estimate of drug-likeness (QED) is 0.767. The van der Waals surface area contributed by atoms with Gasteiger partial charge in [0, 0.05) is 6.42 Å². The zero-order valence-electron chi connectivity index (χ0n) is 9.34. The summed E-state index contributed by atoms with van der Waals surface area (Å²) in [5.41, 5.74) is -0.315. The fourth-order valence-corrected chi connectivity index (χ4v) is 2.57. The molecular formula is C12H19NO2. The second-order valence-corrected chi connectivity index (χ2v) is 4.40. The van der Waals surface area contributed by atoms with Crippen LogP contribution in [0.15, 0.2) is 11.8 Å². The Balaban J connectivity index is 2.13. The van der Waals surface area contributed by atoms with Crippen LogP contribution in [0, 0.1) is 0 Å². The van der Waals surface area contributed by atoms with Crippen LogP contribution in [0.5, 0.6) is 0 Å². The van der Waals surface area contributed by atoms with E-state index in [9.17, 15) is 4.79 Å². The molecule has 1 atom stereocenters. The molecule has 0 spiro atoms. The Kier molecular flexibility index (Phi) is 3.10. The van der Waals surface area contributed by atoms with Gasteiger partial charge in [0.05, 0.1) is 12.1 Å². The zero-order valence-corrected chi connectivity index (χ0v) is 9.34. The molecule has 2 aliphatic heterocycles. The lowest BCUT2D eigenvalue weighted by Gasteiger charge is -2.27. The molecule has 1 unspecified atom stereocenters. The number of ether oxygens (including phenoxy) is 1. The summed E-state index contributed by atoms with van der Waals surface area (Å²) < 4.78 is 5.37. The normalized spacial score (nSPS) is 30.1. The molecule has 0 aromatic rings. The largest absolute Gasteiger partial charge is 0.490 e. The summed E-state index contributed by atoms with van der Waals surface area (Å²) in [6.07, 6.45) is 6.82. The number of rotatable bonds is 4. The van der Waals surface area contributed by atoms with Crippen LogP contribution in [0.25, 0.3) is 0 Å². The van der Waals surface area contributed by atoms with E-state index in [0.717, 1.165) is 38.6 Å². The highest BCUT2D eigenvalue weighted by molar-refractivity contribution is 6.01. The van der Waals surface area contributed by atoms with Gasteiger partial charge in [-0.05, 0) is 31.9 Å². The summed E-state index contributed by atoms with van der Waals surface area (Å²) in [6, 6.07) is 0. The van der Waals surface area contributed by atoms with Crippen molar-refractivity contribution in [3.8, 4) is 0 Å². The second kappa shape index (κ2) is 4.35. The summed E-state index contributed by atoms with van der Waals surface area (Å²) in [7, 11) is 0. The molecule has 0 saturated carbocycles. The lowest BCUT2D eigenvalue weighted by atomic mass is 9.86. The molecule has 2 rings (SSSR count). The van der Waals surface area contributed by atoms with Crippen LogP contribution in [-0.2, 0) is 9.53 Å². The third kappa shape index (κ3) is 1.93. The topological polar surface area (TPSA) is 38.3 Å². The van der Waals surface area contributed by atoms with Gasteiger partial charge in [-0.3, -0.25) is 4.79 Å². The van der Waals surface area contributed by atoms with Gasteiger partial charge < -0.3 is 10.1 Å². The van der Waals surface area contributed by atoms with Gasteiger partial charge in [0.1, 0.15) is 0 Å². The summed E-state index contributed by atoms with van der Waals surface area (Å²) in [5.74, 6) is 0.775. The van der Waals surface area contributed by atoms with Crippen LogP contribution in [0.4, 0.5) is 0 Å². The Hall–Kier alpha value is -0.830. The molecule has 3 nitrogen and oxygen atoms in total. The van der Waals surface area contributed by atoms with Crippen LogP contribution in [0.1, 0.15) is 39.0 Å². The van der Waals surface area contributed by atoms with Gasteiger partial charge in [-0.1, -0.05) is 13.3 Å². The van der Waals surface area contributed by atoms with Crippen molar-refractivity contribution in [2.45, 2.75) is 44.6 Å². The highest BCUT2D eigenvalue weighted by atomic mass is 16.5. The average molecular weight is 209 g/mol. The van der Waals surface area contributed by atoms with Crippen molar-refractivity contribution < 1.29 is 9.53 Å². The predicted molar refractivity (Wildman–Crippen MR) is 58.5 cm³/mol. The highest BCUT2D eigenvalue weighted by Crippen LogP contribution is 2.30. The van der Waals surface area contributed by atoms with Crippen molar-refractivity contribution in [3.63, 3.8) is 0 Å². The van der Waals surface area contributed by atoms with Crippen LogP contribution in [0.2, 0.25) is 0 Å². The van der Waals surface area contributed by atoms with Crippen LogP contribution < -0.4 is 5.32 Å². The van der Waals surface area contributed by atoms with Crippen molar-refractivity contribution in [1.82, 2.24) is 5.32 Å². The minimum atomic E-state index is -0.315. The van der Waals surface area contributed by atoms with Crippen molar-refractivity contribution in [2.24, 2.45) is 0 Å². The number of hydrogen-bond acceptors (Lipinski definition) is 3. The molecule has 0 aromatic carbocycles. The second-order valence-electron chi connectivity index (χ2n) is 4.40. The number of carbonyl (C=O) groups is 1. The Morgan fingerprint density at radius 2 is 2.53 bits per heavy atom. The molecule has 1 saturated heterocycles. The molecule has 84 valence electrons. The van der Waals surface area contributed by atoms with E-state index in [0.29, 0.717) is 12.4 Å². The van der Waals surface area contributed by atoms with E-state index in [2.05, 4.69) is 12.2 Å². The monoisotopic (exact) mass is 209 g/mol. The van der Waals surface area contributed by atoms with Crippen molar-refractivity contribution >= 4 is 5.78 Å². The minimum Gasteiger partial charge on any atom is -0.490 e. The molecular weight excluding hydrogens is 190 g/mol. The van der Waals surface area contributed by atoms with Gasteiger partial charge >= 0.3 is 0 Å². The molecule has 1 fully saturated rings. The first-order chi connectivity index (χ1) is 7.28. The first-order valence-corrected chi connectivity index (χ1v) is 5.91. The number of Topliss-reactive ketones (excluding diaryl/α,β-unsaturated/α-hetero) is 1. The molecule has 2 heterocycles. The van der Waals surface area contributed by atoms with Crippen molar-refractivity contribution in [2.75, 3.05) is 13.2 Å². The Bertz CT molecular complexity index is 277. The van der Waals surface area contributed by atoms with E-state index in [1.165, 1.54) is 0 Å². The molecule has 0 bridgehead atoms. The molecule has 0 radical (unpaired) electrons. The van der Waals surface area contributed by atoms with Crippen LogP contribution in [-0.4, -0.2) is 24.5 Å². The van der Waals surface area contributed by atoms with Gasteiger partial charge in [0.15, 0.2) is 5.76 Å². The van der Waals surface area contributed by atoms with E-state index in [1.807, 2.05) is 6.08 Å².